The van der Waals surface area contributed by atoms with Crippen molar-refractivity contribution < 1.29 is 9.13 Å². The van der Waals surface area contributed by atoms with Crippen molar-refractivity contribution in [3.63, 3.8) is 0 Å². The Hall–Kier alpha value is -0.450. The molecule has 0 radical (unpaired) electrons. The largest absolute Gasteiger partial charge is 0.374 e. The van der Waals surface area contributed by atoms with Crippen LogP contribution in [-0.4, -0.2) is 18.8 Å². The summed E-state index contributed by atoms with van der Waals surface area (Å²) in [5.74, 6) is -0.214. The average Bonchev–Trinajstić information content (AvgIpc) is 2.32. The molecule has 108 valence electrons. The van der Waals surface area contributed by atoms with E-state index in [1.54, 1.807) is 12.1 Å². The molecule has 0 aliphatic heterocycles. The van der Waals surface area contributed by atoms with Gasteiger partial charge in [-0.2, -0.15) is 0 Å². The first-order chi connectivity index (χ1) is 8.85. The van der Waals surface area contributed by atoms with E-state index in [0.717, 1.165) is 13.0 Å². The lowest BCUT2D eigenvalue weighted by Gasteiger charge is -2.26. The number of hydrogen-bond donors (Lipinski definition) is 1. The fourth-order valence-electron chi connectivity index (χ4n) is 1.70. The molecule has 0 amide bonds. The van der Waals surface area contributed by atoms with Gasteiger partial charge in [0, 0.05) is 5.56 Å². The molecule has 1 unspecified atom stereocenters. The van der Waals surface area contributed by atoms with Crippen LogP contribution in [0.2, 0.25) is 0 Å². The first kappa shape index (κ1) is 16.6. The van der Waals surface area contributed by atoms with Crippen LogP contribution in [0.1, 0.15) is 45.7 Å². The highest BCUT2D eigenvalue weighted by atomic mass is 79.9. The number of hydrogen-bond acceptors (Lipinski definition) is 2. The topological polar surface area (TPSA) is 21.3 Å². The molecule has 1 rings (SSSR count). The molecule has 1 aromatic carbocycles. The Balaban J connectivity index is 2.86. The van der Waals surface area contributed by atoms with E-state index in [-0.39, 0.29) is 17.5 Å². The van der Waals surface area contributed by atoms with Crippen LogP contribution >= 0.6 is 15.9 Å². The Kier molecular flexibility index (Phi) is 6.43. The van der Waals surface area contributed by atoms with Crippen molar-refractivity contribution in [2.75, 3.05) is 13.2 Å². The number of rotatable bonds is 6. The smallest absolute Gasteiger partial charge is 0.142 e. The van der Waals surface area contributed by atoms with E-state index in [2.05, 4.69) is 28.2 Å². The summed E-state index contributed by atoms with van der Waals surface area (Å²) in [5, 5.41) is 3.34. The lowest BCUT2D eigenvalue weighted by atomic mass is 10.1. The van der Waals surface area contributed by atoms with E-state index in [9.17, 15) is 4.39 Å². The van der Waals surface area contributed by atoms with Gasteiger partial charge in [-0.3, -0.25) is 0 Å². The molecule has 0 aliphatic carbocycles. The van der Waals surface area contributed by atoms with Gasteiger partial charge in [0.25, 0.3) is 0 Å². The summed E-state index contributed by atoms with van der Waals surface area (Å²) in [7, 11) is 0. The van der Waals surface area contributed by atoms with Gasteiger partial charge in [-0.15, -0.1) is 0 Å². The van der Waals surface area contributed by atoms with Gasteiger partial charge >= 0.3 is 0 Å². The normalized spacial score (nSPS) is 13.6. The zero-order chi connectivity index (χ0) is 14.5. The van der Waals surface area contributed by atoms with E-state index in [0.29, 0.717) is 16.6 Å². The van der Waals surface area contributed by atoms with Crippen LogP contribution in [0.25, 0.3) is 0 Å². The van der Waals surface area contributed by atoms with Gasteiger partial charge in [0.1, 0.15) is 5.82 Å². The van der Waals surface area contributed by atoms with Gasteiger partial charge < -0.3 is 10.1 Å². The molecule has 0 bridgehead atoms. The number of nitrogens with one attached hydrogen (secondary N) is 1. The highest BCUT2D eigenvalue weighted by Crippen LogP contribution is 2.25. The minimum Gasteiger partial charge on any atom is -0.374 e. The van der Waals surface area contributed by atoms with E-state index >= 15 is 0 Å². The third-order valence-corrected chi connectivity index (χ3v) is 3.29. The Morgan fingerprint density at radius 2 is 2.05 bits per heavy atom. The number of halogens is 2. The van der Waals surface area contributed by atoms with E-state index in [4.69, 9.17) is 4.74 Å². The van der Waals surface area contributed by atoms with Crippen LogP contribution < -0.4 is 5.32 Å². The minimum absolute atomic E-state index is 0.128. The average molecular weight is 332 g/mol. The zero-order valence-electron chi connectivity index (χ0n) is 12.1. The van der Waals surface area contributed by atoms with Gasteiger partial charge in [0.2, 0.25) is 0 Å². The van der Waals surface area contributed by atoms with Gasteiger partial charge in [-0.05, 0) is 55.7 Å². The fraction of sp³-hybridized carbons (Fsp3) is 0.600. The molecule has 0 heterocycles. The van der Waals surface area contributed by atoms with E-state index < -0.39 is 0 Å². The molecule has 1 N–H and O–H groups in total. The summed E-state index contributed by atoms with van der Waals surface area (Å²) in [5.41, 5.74) is 0.418. The SMILES string of the molecule is CCCNC(COC(C)(C)C)c1cccc(Br)c1F. The quantitative estimate of drug-likeness (QED) is 0.831. The molecule has 0 aromatic heterocycles. The second kappa shape index (κ2) is 7.36. The second-order valence-corrected chi connectivity index (χ2v) is 6.43. The Morgan fingerprint density at radius 3 is 2.63 bits per heavy atom. The fourth-order valence-corrected chi connectivity index (χ4v) is 2.08. The third-order valence-electron chi connectivity index (χ3n) is 2.68. The first-order valence-corrected chi connectivity index (χ1v) is 7.45. The molecule has 1 aromatic rings. The van der Waals surface area contributed by atoms with Crippen LogP contribution in [0.15, 0.2) is 22.7 Å². The Bertz CT molecular complexity index is 404. The van der Waals surface area contributed by atoms with Crippen molar-refractivity contribution in [2.45, 2.75) is 45.8 Å². The molecule has 0 saturated heterocycles. The zero-order valence-corrected chi connectivity index (χ0v) is 13.7. The van der Waals surface area contributed by atoms with Gasteiger partial charge in [-0.1, -0.05) is 19.1 Å². The lowest BCUT2D eigenvalue weighted by Crippen LogP contribution is -2.31. The molecule has 1 atom stereocenters. The van der Waals surface area contributed by atoms with Crippen LogP contribution in [0.5, 0.6) is 0 Å². The molecular formula is C15H23BrFNO. The van der Waals surface area contributed by atoms with Crippen molar-refractivity contribution in [3.8, 4) is 0 Å². The predicted molar refractivity (Wildman–Crippen MR) is 80.8 cm³/mol. The highest BCUT2D eigenvalue weighted by molar-refractivity contribution is 9.10. The number of ether oxygens (including phenoxy) is 1. The first-order valence-electron chi connectivity index (χ1n) is 6.66. The van der Waals surface area contributed by atoms with Crippen LogP contribution in [0.4, 0.5) is 4.39 Å². The maximum atomic E-state index is 14.2. The molecule has 0 spiro atoms. The Morgan fingerprint density at radius 1 is 1.37 bits per heavy atom. The van der Waals surface area contributed by atoms with E-state index in [1.807, 2.05) is 26.8 Å². The maximum Gasteiger partial charge on any atom is 0.142 e. The van der Waals surface area contributed by atoms with Crippen molar-refractivity contribution in [3.05, 3.63) is 34.1 Å². The summed E-state index contributed by atoms with van der Waals surface area (Å²) >= 11 is 3.23. The Labute approximate surface area is 123 Å². The van der Waals surface area contributed by atoms with Gasteiger partial charge in [0.05, 0.1) is 22.7 Å². The molecule has 0 aliphatic rings. The molecule has 0 saturated carbocycles. The van der Waals surface area contributed by atoms with Crippen LogP contribution in [0, 0.1) is 5.82 Å². The van der Waals surface area contributed by atoms with E-state index in [1.165, 1.54) is 0 Å². The summed E-state index contributed by atoms with van der Waals surface area (Å²) in [6.07, 6.45) is 1.00. The molecule has 0 fully saturated rings. The minimum atomic E-state index is -0.228. The molecule has 19 heavy (non-hydrogen) atoms. The van der Waals surface area contributed by atoms with Crippen LogP contribution in [-0.2, 0) is 4.74 Å². The van der Waals surface area contributed by atoms with Gasteiger partial charge in [0.15, 0.2) is 0 Å². The lowest BCUT2D eigenvalue weighted by molar-refractivity contribution is -0.0152. The van der Waals surface area contributed by atoms with Crippen molar-refractivity contribution >= 4 is 15.9 Å². The molecule has 2 nitrogen and oxygen atoms in total. The third kappa shape index (κ3) is 5.59. The summed E-state index contributed by atoms with van der Waals surface area (Å²) in [6.45, 7) is 9.39. The predicted octanol–water partition coefficient (Wildman–Crippen LogP) is 4.44. The van der Waals surface area contributed by atoms with Crippen molar-refractivity contribution in [1.82, 2.24) is 5.32 Å². The second-order valence-electron chi connectivity index (χ2n) is 5.57. The molecule has 4 heteroatoms. The summed E-state index contributed by atoms with van der Waals surface area (Å²) in [4.78, 5) is 0. The van der Waals surface area contributed by atoms with Crippen LogP contribution in [0.3, 0.4) is 0 Å². The highest BCUT2D eigenvalue weighted by Gasteiger charge is 2.20. The number of benzene rings is 1. The standard InChI is InChI=1S/C15H23BrFNO/c1-5-9-18-13(10-19-15(2,3)4)11-7-6-8-12(16)14(11)17/h6-8,13,18H,5,9-10H2,1-4H3. The van der Waals surface area contributed by atoms with Crippen molar-refractivity contribution in [1.29, 1.82) is 0 Å². The van der Waals surface area contributed by atoms with Gasteiger partial charge in [-0.25, -0.2) is 4.39 Å². The van der Waals surface area contributed by atoms with Crippen molar-refractivity contribution in [2.24, 2.45) is 0 Å². The summed E-state index contributed by atoms with van der Waals surface area (Å²) < 4.78 is 20.4. The maximum absolute atomic E-state index is 14.2. The molecular weight excluding hydrogens is 309 g/mol. The monoisotopic (exact) mass is 331 g/mol. The summed E-state index contributed by atoms with van der Waals surface area (Å²) in [6, 6.07) is 5.23.